The number of rotatable bonds is 4. The van der Waals surface area contributed by atoms with Crippen molar-refractivity contribution < 1.29 is 4.74 Å². The Morgan fingerprint density at radius 3 is 2.91 bits per heavy atom. The summed E-state index contributed by atoms with van der Waals surface area (Å²) in [4.78, 5) is 3.96. The van der Waals surface area contributed by atoms with Crippen molar-refractivity contribution in [2.45, 2.75) is 6.54 Å². The molecule has 0 amide bonds. The van der Waals surface area contributed by atoms with Crippen molar-refractivity contribution in [3.8, 4) is 11.5 Å². The van der Waals surface area contributed by atoms with Crippen LogP contribution >= 0.6 is 0 Å². The molecule has 0 unspecified atom stereocenters. The van der Waals surface area contributed by atoms with Gasteiger partial charge in [-0.25, -0.2) is 14.3 Å². The summed E-state index contributed by atoms with van der Waals surface area (Å²) in [5.74, 6) is 1.53. The van der Waals surface area contributed by atoms with Crippen LogP contribution in [-0.4, -0.2) is 29.8 Å². The van der Waals surface area contributed by atoms with Gasteiger partial charge in [0.05, 0.1) is 12.1 Å². The zero-order valence-corrected chi connectivity index (χ0v) is 12.5. The highest BCUT2D eigenvalue weighted by Crippen LogP contribution is 2.27. The van der Waals surface area contributed by atoms with Crippen LogP contribution in [0, 0.1) is 0 Å². The van der Waals surface area contributed by atoms with Gasteiger partial charge in [-0.3, -0.25) is 0 Å². The molecule has 114 valence electrons. The molecule has 0 radical (unpaired) electrons. The number of fused-ring (bicyclic) bond motifs is 1. The molecule has 0 saturated carbocycles. The lowest BCUT2D eigenvalue weighted by atomic mass is 10.2. The smallest absolute Gasteiger partial charge is 0.137 e. The Morgan fingerprint density at radius 1 is 1.13 bits per heavy atom. The molecule has 0 fully saturated rings. The molecule has 0 spiro atoms. The van der Waals surface area contributed by atoms with E-state index in [1.54, 1.807) is 15.7 Å². The predicted molar refractivity (Wildman–Crippen MR) is 84.1 cm³/mol. The van der Waals surface area contributed by atoms with Gasteiger partial charge < -0.3 is 4.74 Å². The van der Waals surface area contributed by atoms with Crippen molar-refractivity contribution in [1.29, 1.82) is 0 Å². The maximum atomic E-state index is 6.06. The van der Waals surface area contributed by atoms with Gasteiger partial charge in [0, 0.05) is 18.7 Å². The van der Waals surface area contributed by atoms with E-state index in [1.165, 1.54) is 6.33 Å². The number of nitrogens with zero attached hydrogens (tertiary/aromatic N) is 6. The Hall–Kier alpha value is -3.22. The van der Waals surface area contributed by atoms with Gasteiger partial charge in [0.15, 0.2) is 0 Å². The SMILES string of the molecule is Cn1nnc2ccc(Oc3ccccc3Cn3cncn3)cc21. The van der Waals surface area contributed by atoms with E-state index in [2.05, 4.69) is 20.4 Å². The van der Waals surface area contributed by atoms with Crippen molar-refractivity contribution in [2.24, 2.45) is 7.05 Å². The number of ether oxygens (including phenoxy) is 1. The van der Waals surface area contributed by atoms with E-state index in [9.17, 15) is 0 Å². The van der Waals surface area contributed by atoms with Crippen molar-refractivity contribution >= 4 is 11.0 Å². The Morgan fingerprint density at radius 2 is 2.04 bits per heavy atom. The standard InChI is InChI=1S/C16H14N6O/c1-21-15-8-13(6-7-14(15)19-20-21)23-16-5-3-2-4-12(16)9-22-11-17-10-18-22/h2-8,10-11H,9H2,1H3. The number of hydrogen-bond donors (Lipinski definition) is 0. The van der Waals surface area contributed by atoms with Crippen LogP contribution in [0.2, 0.25) is 0 Å². The fourth-order valence-electron chi connectivity index (χ4n) is 2.42. The average Bonchev–Trinajstić information content (AvgIpc) is 3.20. The summed E-state index contributed by atoms with van der Waals surface area (Å²) in [5.41, 5.74) is 2.80. The van der Waals surface area contributed by atoms with Gasteiger partial charge in [-0.2, -0.15) is 5.10 Å². The van der Waals surface area contributed by atoms with Gasteiger partial charge >= 0.3 is 0 Å². The Kier molecular flexibility index (Phi) is 3.23. The third-order valence-electron chi connectivity index (χ3n) is 3.58. The van der Waals surface area contributed by atoms with Gasteiger partial charge in [-0.1, -0.05) is 23.4 Å². The molecule has 7 heteroatoms. The van der Waals surface area contributed by atoms with Crippen LogP contribution in [0.5, 0.6) is 11.5 Å². The monoisotopic (exact) mass is 306 g/mol. The second-order valence-corrected chi connectivity index (χ2v) is 5.17. The van der Waals surface area contributed by atoms with Crippen molar-refractivity contribution in [2.75, 3.05) is 0 Å². The summed E-state index contributed by atoms with van der Waals surface area (Å²) in [5, 5.41) is 12.2. The van der Waals surface area contributed by atoms with E-state index >= 15 is 0 Å². The van der Waals surface area contributed by atoms with Crippen LogP contribution in [0.1, 0.15) is 5.56 Å². The first kappa shape index (κ1) is 13.4. The lowest BCUT2D eigenvalue weighted by molar-refractivity contribution is 0.472. The van der Waals surface area contributed by atoms with Gasteiger partial charge in [-0.05, 0) is 18.2 Å². The Balaban J connectivity index is 1.66. The fraction of sp³-hybridized carbons (Fsp3) is 0.125. The molecule has 0 atom stereocenters. The molecular weight excluding hydrogens is 292 g/mol. The van der Waals surface area contributed by atoms with E-state index in [4.69, 9.17) is 4.74 Å². The van der Waals surface area contributed by atoms with Crippen LogP contribution in [-0.2, 0) is 13.6 Å². The normalized spacial score (nSPS) is 11.0. The molecule has 0 bridgehead atoms. The van der Waals surface area contributed by atoms with E-state index in [1.807, 2.05) is 49.5 Å². The zero-order valence-electron chi connectivity index (χ0n) is 12.5. The highest BCUT2D eigenvalue weighted by Gasteiger charge is 2.08. The maximum absolute atomic E-state index is 6.06. The van der Waals surface area contributed by atoms with Crippen molar-refractivity contribution in [3.63, 3.8) is 0 Å². The third kappa shape index (κ3) is 2.64. The maximum Gasteiger partial charge on any atom is 0.137 e. The molecule has 7 nitrogen and oxygen atoms in total. The predicted octanol–water partition coefficient (Wildman–Crippen LogP) is 2.40. The number of aryl methyl sites for hydroxylation is 1. The molecule has 0 saturated heterocycles. The summed E-state index contributed by atoms with van der Waals surface area (Å²) in [7, 11) is 1.86. The van der Waals surface area contributed by atoms with E-state index in [0.29, 0.717) is 6.54 Å². The van der Waals surface area contributed by atoms with Gasteiger partial charge in [0.2, 0.25) is 0 Å². The van der Waals surface area contributed by atoms with E-state index < -0.39 is 0 Å². The summed E-state index contributed by atoms with van der Waals surface area (Å²) in [6.45, 7) is 0.603. The van der Waals surface area contributed by atoms with Gasteiger partial charge in [-0.15, -0.1) is 5.10 Å². The van der Waals surface area contributed by atoms with Crippen LogP contribution in [0.3, 0.4) is 0 Å². The summed E-state index contributed by atoms with van der Waals surface area (Å²) in [6, 6.07) is 13.6. The number of benzene rings is 2. The van der Waals surface area contributed by atoms with Crippen molar-refractivity contribution in [3.05, 3.63) is 60.7 Å². The van der Waals surface area contributed by atoms with Crippen LogP contribution in [0.15, 0.2) is 55.1 Å². The zero-order chi connectivity index (χ0) is 15.6. The van der Waals surface area contributed by atoms with Gasteiger partial charge in [0.25, 0.3) is 0 Å². The topological polar surface area (TPSA) is 70.7 Å². The molecule has 0 aliphatic carbocycles. The van der Waals surface area contributed by atoms with E-state index in [-0.39, 0.29) is 0 Å². The highest BCUT2D eigenvalue weighted by atomic mass is 16.5. The van der Waals surface area contributed by atoms with Gasteiger partial charge in [0.1, 0.15) is 29.7 Å². The third-order valence-corrected chi connectivity index (χ3v) is 3.58. The van der Waals surface area contributed by atoms with Crippen LogP contribution < -0.4 is 4.74 Å². The number of aromatic nitrogens is 6. The quantitative estimate of drug-likeness (QED) is 0.579. The van der Waals surface area contributed by atoms with Crippen LogP contribution in [0.25, 0.3) is 11.0 Å². The second-order valence-electron chi connectivity index (χ2n) is 5.17. The molecular formula is C16H14N6O. The lowest BCUT2D eigenvalue weighted by Gasteiger charge is -2.11. The minimum Gasteiger partial charge on any atom is -0.457 e. The molecule has 2 heterocycles. The average molecular weight is 306 g/mol. The van der Waals surface area contributed by atoms with E-state index in [0.717, 1.165) is 28.1 Å². The molecule has 23 heavy (non-hydrogen) atoms. The molecule has 0 N–H and O–H groups in total. The van der Waals surface area contributed by atoms with Crippen LogP contribution in [0.4, 0.5) is 0 Å². The Labute approximate surface area is 132 Å². The molecule has 4 aromatic rings. The minimum atomic E-state index is 0.603. The minimum absolute atomic E-state index is 0.603. The summed E-state index contributed by atoms with van der Waals surface area (Å²) < 4.78 is 9.55. The molecule has 2 aromatic carbocycles. The fourth-order valence-corrected chi connectivity index (χ4v) is 2.42. The highest BCUT2D eigenvalue weighted by molar-refractivity contribution is 5.76. The summed E-state index contributed by atoms with van der Waals surface area (Å²) in [6.07, 6.45) is 3.21. The largest absolute Gasteiger partial charge is 0.457 e. The molecule has 0 aliphatic heterocycles. The summed E-state index contributed by atoms with van der Waals surface area (Å²) >= 11 is 0. The van der Waals surface area contributed by atoms with Crippen molar-refractivity contribution in [1.82, 2.24) is 29.8 Å². The second kappa shape index (κ2) is 5.53. The molecule has 4 rings (SSSR count). The first-order valence-electron chi connectivity index (χ1n) is 7.17. The lowest BCUT2D eigenvalue weighted by Crippen LogP contribution is -2.01. The first-order valence-corrected chi connectivity index (χ1v) is 7.17. The molecule has 0 aliphatic rings. The first-order chi connectivity index (χ1) is 11.3. The number of hydrogen-bond acceptors (Lipinski definition) is 5. The Bertz CT molecular complexity index is 944. The molecule has 2 aromatic heterocycles. The number of para-hydroxylation sites is 1.